The molecule has 0 aliphatic carbocycles. The fraction of sp³-hybridized carbons (Fsp3) is 0.0667. The largest absolute Gasteiger partial charge is 0.0616 e. The van der Waals surface area contributed by atoms with E-state index in [1.54, 1.807) is 0 Å². The van der Waals surface area contributed by atoms with Gasteiger partial charge in [0, 0.05) is 4.47 Å². The van der Waals surface area contributed by atoms with Gasteiger partial charge in [0.05, 0.1) is 0 Å². The van der Waals surface area contributed by atoms with E-state index in [1.807, 2.05) is 0 Å². The Hall–Kier alpha value is -1.34. The summed E-state index contributed by atoms with van der Waals surface area (Å²) in [5.41, 5.74) is 1.31. The van der Waals surface area contributed by atoms with E-state index in [0.29, 0.717) is 0 Å². The van der Waals surface area contributed by atoms with Crippen LogP contribution in [0.25, 0.3) is 21.5 Å². The average Bonchev–Trinajstić information content (AvgIpc) is 2.31. The lowest BCUT2D eigenvalue weighted by Gasteiger charge is -2.07. The van der Waals surface area contributed by atoms with Crippen molar-refractivity contribution >= 4 is 37.5 Å². The molecule has 0 radical (unpaired) electrons. The van der Waals surface area contributed by atoms with Crippen molar-refractivity contribution in [2.45, 2.75) is 6.92 Å². The van der Waals surface area contributed by atoms with Crippen molar-refractivity contribution in [1.82, 2.24) is 0 Å². The van der Waals surface area contributed by atoms with Gasteiger partial charge in [-0.2, -0.15) is 0 Å². The summed E-state index contributed by atoms with van der Waals surface area (Å²) in [6.07, 6.45) is 0. The summed E-state index contributed by atoms with van der Waals surface area (Å²) in [5.74, 6) is 0. The first-order valence-corrected chi connectivity index (χ1v) is 6.12. The summed E-state index contributed by atoms with van der Waals surface area (Å²) < 4.78 is 1.17. The third kappa shape index (κ3) is 1.43. The normalized spacial score (nSPS) is 11.1. The Labute approximate surface area is 103 Å². The second-order valence-electron chi connectivity index (χ2n) is 4.13. The van der Waals surface area contributed by atoms with Crippen molar-refractivity contribution < 1.29 is 0 Å². The minimum atomic E-state index is 1.17. The quantitative estimate of drug-likeness (QED) is 0.501. The molecule has 0 unspecified atom stereocenters. The molecule has 3 rings (SSSR count). The van der Waals surface area contributed by atoms with E-state index in [2.05, 4.69) is 71.4 Å². The van der Waals surface area contributed by atoms with Gasteiger partial charge in [-0.25, -0.2) is 0 Å². The Kier molecular flexibility index (Phi) is 2.22. The second-order valence-corrected chi connectivity index (χ2v) is 4.98. The number of benzene rings is 3. The van der Waals surface area contributed by atoms with Crippen molar-refractivity contribution in [1.29, 1.82) is 0 Å². The first-order chi connectivity index (χ1) is 7.75. The van der Waals surface area contributed by atoms with Crippen LogP contribution < -0.4 is 0 Å². The third-order valence-corrected chi connectivity index (χ3v) is 3.62. The van der Waals surface area contributed by atoms with Crippen molar-refractivity contribution in [3.05, 3.63) is 58.6 Å². The van der Waals surface area contributed by atoms with Crippen molar-refractivity contribution in [2.24, 2.45) is 0 Å². The molecule has 0 atom stereocenters. The van der Waals surface area contributed by atoms with Crippen LogP contribution >= 0.6 is 15.9 Å². The minimum absolute atomic E-state index is 1.17. The van der Waals surface area contributed by atoms with E-state index in [1.165, 1.54) is 31.6 Å². The number of rotatable bonds is 0. The topological polar surface area (TPSA) is 0 Å². The highest BCUT2D eigenvalue weighted by Crippen LogP contribution is 2.32. The van der Waals surface area contributed by atoms with Crippen molar-refractivity contribution in [2.75, 3.05) is 0 Å². The highest BCUT2D eigenvalue weighted by molar-refractivity contribution is 9.10. The van der Waals surface area contributed by atoms with Crippen LogP contribution in [-0.2, 0) is 0 Å². The summed E-state index contributed by atoms with van der Waals surface area (Å²) in [6, 6.07) is 17.3. The highest BCUT2D eigenvalue weighted by atomic mass is 79.9. The predicted molar refractivity (Wildman–Crippen MR) is 73.9 cm³/mol. The van der Waals surface area contributed by atoms with Gasteiger partial charge in [0.25, 0.3) is 0 Å². The lowest BCUT2D eigenvalue weighted by Crippen LogP contribution is -1.80. The molecule has 0 nitrogen and oxygen atoms in total. The third-order valence-electron chi connectivity index (χ3n) is 2.97. The highest BCUT2D eigenvalue weighted by Gasteiger charge is 2.03. The number of fused-ring (bicyclic) bond motifs is 3. The molecule has 0 amide bonds. The molecule has 3 aromatic carbocycles. The van der Waals surface area contributed by atoms with E-state index in [9.17, 15) is 0 Å². The molecule has 0 aliphatic rings. The molecule has 0 spiro atoms. The molecule has 16 heavy (non-hydrogen) atoms. The Morgan fingerprint density at radius 1 is 0.812 bits per heavy atom. The van der Waals surface area contributed by atoms with Crippen LogP contribution in [0.1, 0.15) is 5.56 Å². The van der Waals surface area contributed by atoms with Gasteiger partial charge < -0.3 is 0 Å². The maximum Gasteiger partial charge on any atom is 0.0260 e. The summed E-state index contributed by atoms with van der Waals surface area (Å²) in [4.78, 5) is 0. The fourth-order valence-corrected chi connectivity index (χ4v) is 2.76. The molecule has 0 aromatic heterocycles. The van der Waals surface area contributed by atoms with Crippen LogP contribution in [0.5, 0.6) is 0 Å². The molecule has 3 aromatic rings. The molecule has 1 heteroatoms. The van der Waals surface area contributed by atoms with Gasteiger partial charge >= 0.3 is 0 Å². The number of aryl methyl sites for hydroxylation is 1. The smallest absolute Gasteiger partial charge is 0.0260 e. The Morgan fingerprint density at radius 2 is 1.56 bits per heavy atom. The van der Waals surface area contributed by atoms with Crippen LogP contribution in [0.4, 0.5) is 0 Å². The van der Waals surface area contributed by atoms with Crippen LogP contribution in [-0.4, -0.2) is 0 Å². The van der Waals surface area contributed by atoms with Gasteiger partial charge in [-0.3, -0.25) is 0 Å². The SMILES string of the molecule is Cc1ccc2cc(Br)c3ccccc3c2c1. The number of halogens is 1. The van der Waals surface area contributed by atoms with Crippen LogP contribution in [0.3, 0.4) is 0 Å². The van der Waals surface area contributed by atoms with Crippen molar-refractivity contribution in [3.8, 4) is 0 Å². The zero-order chi connectivity index (χ0) is 11.1. The van der Waals surface area contributed by atoms with Crippen molar-refractivity contribution in [3.63, 3.8) is 0 Å². The Balaban J connectivity index is 2.61. The van der Waals surface area contributed by atoms with E-state index < -0.39 is 0 Å². The van der Waals surface area contributed by atoms with Gasteiger partial charge in [0.2, 0.25) is 0 Å². The molecule has 0 N–H and O–H groups in total. The molecule has 0 saturated heterocycles. The lowest BCUT2D eigenvalue weighted by atomic mass is 10.0. The molecular formula is C15H11Br. The fourth-order valence-electron chi connectivity index (χ4n) is 2.17. The molecule has 0 saturated carbocycles. The van der Waals surface area contributed by atoms with Gasteiger partial charge in [0.15, 0.2) is 0 Å². The molecule has 0 fully saturated rings. The van der Waals surface area contributed by atoms with E-state index in [-0.39, 0.29) is 0 Å². The van der Waals surface area contributed by atoms with E-state index in [0.717, 1.165) is 0 Å². The maximum absolute atomic E-state index is 3.64. The monoisotopic (exact) mass is 270 g/mol. The van der Waals surface area contributed by atoms with Crippen LogP contribution in [0.15, 0.2) is 53.0 Å². The maximum atomic E-state index is 3.64. The van der Waals surface area contributed by atoms with E-state index >= 15 is 0 Å². The standard InChI is InChI=1S/C15H11Br/c1-10-6-7-11-9-15(16)13-5-3-2-4-12(13)14(11)8-10/h2-9H,1H3. The zero-order valence-corrected chi connectivity index (χ0v) is 10.6. The lowest BCUT2D eigenvalue weighted by molar-refractivity contribution is 1.51. The first kappa shape index (κ1) is 9.86. The molecule has 0 heterocycles. The number of hydrogen-bond acceptors (Lipinski definition) is 0. The van der Waals surface area contributed by atoms with Crippen LogP contribution in [0.2, 0.25) is 0 Å². The Morgan fingerprint density at radius 3 is 2.38 bits per heavy atom. The molecular weight excluding hydrogens is 260 g/mol. The zero-order valence-electron chi connectivity index (χ0n) is 9.00. The van der Waals surface area contributed by atoms with E-state index in [4.69, 9.17) is 0 Å². The average molecular weight is 271 g/mol. The summed E-state index contributed by atoms with van der Waals surface area (Å²) in [7, 11) is 0. The predicted octanol–water partition coefficient (Wildman–Crippen LogP) is 5.06. The summed E-state index contributed by atoms with van der Waals surface area (Å²) in [6.45, 7) is 2.14. The second kappa shape index (κ2) is 3.60. The Bertz CT molecular complexity index is 683. The van der Waals surface area contributed by atoms with Gasteiger partial charge in [-0.1, -0.05) is 64.0 Å². The number of hydrogen-bond donors (Lipinski definition) is 0. The van der Waals surface area contributed by atoms with Gasteiger partial charge in [0.1, 0.15) is 0 Å². The molecule has 0 bridgehead atoms. The summed E-state index contributed by atoms with van der Waals surface area (Å²) >= 11 is 3.64. The summed E-state index contributed by atoms with van der Waals surface area (Å²) in [5, 5.41) is 5.21. The van der Waals surface area contributed by atoms with Gasteiger partial charge in [-0.15, -0.1) is 0 Å². The first-order valence-electron chi connectivity index (χ1n) is 5.33. The van der Waals surface area contributed by atoms with Gasteiger partial charge in [-0.05, 0) is 34.5 Å². The van der Waals surface area contributed by atoms with Crippen LogP contribution in [0, 0.1) is 6.92 Å². The minimum Gasteiger partial charge on any atom is -0.0616 e. The molecule has 0 aliphatic heterocycles. The molecule has 78 valence electrons.